The lowest BCUT2D eigenvalue weighted by molar-refractivity contribution is -0.926. The minimum atomic E-state index is 0.703. The number of rotatable bonds is 0. The average Bonchev–Trinajstić information content (AvgIpc) is 2.29. The van der Waals surface area contributed by atoms with Crippen LogP contribution in [-0.2, 0) is 0 Å². The predicted molar refractivity (Wildman–Crippen MR) is 47.4 cm³/mol. The topological polar surface area (TPSA) is 32.6 Å². The third kappa shape index (κ3) is 0.959. The zero-order valence-electron chi connectivity index (χ0n) is 7.82. The summed E-state index contributed by atoms with van der Waals surface area (Å²) in [6, 6.07) is 1.41. The molecule has 3 heteroatoms. The molecule has 2 heterocycles. The Balaban J connectivity index is 2.22. The van der Waals surface area contributed by atoms with Crippen LogP contribution in [-0.4, -0.2) is 41.6 Å². The number of piperidine rings is 1. The van der Waals surface area contributed by atoms with Crippen molar-refractivity contribution in [3.8, 4) is 0 Å². The van der Waals surface area contributed by atoms with E-state index < -0.39 is 0 Å². The van der Waals surface area contributed by atoms with Gasteiger partial charge in [0.1, 0.15) is 0 Å². The number of fused-ring (bicyclic) bond motifs is 2. The van der Waals surface area contributed by atoms with Crippen LogP contribution in [0.2, 0.25) is 0 Å². The van der Waals surface area contributed by atoms with Gasteiger partial charge in [0.15, 0.2) is 0 Å². The first-order chi connectivity index (χ1) is 5.64. The summed E-state index contributed by atoms with van der Waals surface area (Å²) in [5, 5.41) is 12.1. The summed E-state index contributed by atoms with van der Waals surface area (Å²) in [7, 11) is 4.60. The molecular formula is C9H17N2O+. The average molecular weight is 169 g/mol. The van der Waals surface area contributed by atoms with E-state index >= 15 is 0 Å². The second-order valence-electron chi connectivity index (χ2n) is 4.59. The van der Waals surface area contributed by atoms with E-state index in [1.54, 1.807) is 0 Å². The van der Waals surface area contributed by atoms with Crippen LogP contribution in [0.15, 0.2) is 5.16 Å². The molecule has 0 aromatic heterocycles. The lowest BCUT2D eigenvalue weighted by Crippen LogP contribution is -2.54. The molecule has 2 fully saturated rings. The van der Waals surface area contributed by atoms with Crippen LogP contribution >= 0.6 is 0 Å². The van der Waals surface area contributed by atoms with Gasteiger partial charge in [-0.15, -0.1) is 0 Å². The molecule has 0 aliphatic carbocycles. The van der Waals surface area contributed by atoms with Gasteiger partial charge < -0.3 is 9.69 Å². The molecule has 2 rings (SSSR count). The summed E-state index contributed by atoms with van der Waals surface area (Å²) < 4.78 is 1.14. The smallest absolute Gasteiger partial charge is 0.0944 e. The fourth-order valence-corrected chi connectivity index (χ4v) is 2.73. The molecule has 1 N–H and O–H groups in total. The van der Waals surface area contributed by atoms with Crippen LogP contribution in [0.3, 0.4) is 0 Å². The van der Waals surface area contributed by atoms with Gasteiger partial charge in [-0.05, 0) is 0 Å². The Bertz CT molecular complexity index is 205. The highest BCUT2D eigenvalue weighted by atomic mass is 16.4. The zero-order valence-corrected chi connectivity index (χ0v) is 7.82. The molecule has 3 nitrogen and oxygen atoms in total. The molecule has 0 aromatic rings. The highest BCUT2D eigenvalue weighted by Crippen LogP contribution is 2.38. The number of nitrogens with zero attached hydrogens (tertiary/aromatic N) is 2. The van der Waals surface area contributed by atoms with Crippen molar-refractivity contribution in [2.45, 2.75) is 37.8 Å². The second kappa shape index (κ2) is 2.46. The van der Waals surface area contributed by atoms with Crippen molar-refractivity contribution in [2.75, 3.05) is 14.1 Å². The summed E-state index contributed by atoms with van der Waals surface area (Å²) in [6.07, 6.45) is 4.60. The van der Waals surface area contributed by atoms with Crippen LogP contribution in [0.1, 0.15) is 25.7 Å². The fourth-order valence-electron chi connectivity index (χ4n) is 2.73. The summed E-state index contributed by atoms with van der Waals surface area (Å²) in [6.45, 7) is 0. The van der Waals surface area contributed by atoms with E-state index in [0.29, 0.717) is 12.1 Å². The Morgan fingerprint density at radius 3 is 2.17 bits per heavy atom. The Morgan fingerprint density at radius 2 is 1.75 bits per heavy atom. The summed E-state index contributed by atoms with van der Waals surface area (Å²) in [5.74, 6) is 0. The van der Waals surface area contributed by atoms with E-state index in [0.717, 1.165) is 23.0 Å². The van der Waals surface area contributed by atoms with Crippen LogP contribution in [0.25, 0.3) is 0 Å². The minimum Gasteiger partial charge on any atom is -0.411 e. The van der Waals surface area contributed by atoms with E-state index in [1.165, 1.54) is 12.8 Å². The third-order valence-electron chi connectivity index (χ3n) is 3.80. The summed E-state index contributed by atoms with van der Waals surface area (Å²) in [5.41, 5.74) is 1.01. The van der Waals surface area contributed by atoms with Gasteiger partial charge in [0, 0.05) is 25.7 Å². The highest BCUT2D eigenvalue weighted by Gasteiger charge is 2.47. The third-order valence-corrected chi connectivity index (χ3v) is 3.80. The van der Waals surface area contributed by atoms with Crippen molar-refractivity contribution in [2.24, 2.45) is 5.16 Å². The minimum absolute atomic E-state index is 0.703. The van der Waals surface area contributed by atoms with Gasteiger partial charge >= 0.3 is 0 Å². The maximum atomic E-state index is 8.71. The molecule has 2 aliphatic rings. The Hall–Kier alpha value is -0.570. The second-order valence-corrected chi connectivity index (χ2v) is 4.59. The first kappa shape index (κ1) is 8.05. The number of oxime groups is 1. The zero-order chi connectivity index (χ0) is 8.77. The maximum Gasteiger partial charge on any atom is 0.0944 e. The van der Waals surface area contributed by atoms with E-state index in [-0.39, 0.29) is 0 Å². The van der Waals surface area contributed by atoms with E-state index in [2.05, 4.69) is 19.3 Å². The van der Waals surface area contributed by atoms with E-state index in [9.17, 15) is 0 Å². The lowest BCUT2D eigenvalue weighted by atomic mass is 9.99. The summed E-state index contributed by atoms with van der Waals surface area (Å²) in [4.78, 5) is 0. The molecule has 0 amide bonds. The monoisotopic (exact) mass is 169 g/mol. The van der Waals surface area contributed by atoms with Gasteiger partial charge in [-0.2, -0.15) is 0 Å². The van der Waals surface area contributed by atoms with Crippen LogP contribution in [0.5, 0.6) is 0 Å². The Kier molecular flexibility index (Phi) is 1.65. The molecule has 2 aliphatic heterocycles. The molecule has 0 aromatic carbocycles. The van der Waals surface area contributed by atoms with Crippen LogP contribution in [0.4, 0.5) is 0 Å². The largest absolute Gasteiger partial charge is 0.411 e. The van der Waals surface area contributed by atoms with Gasteiger partial charge in [-0.3, -0.25) is 0 Å². The molecule has 2 atom stereocenters. The van der Waals surface area contributed by atoms with Crippen LogP contribution < -0.4 is 0 Å². The number of quaternary nitrogens is 1. The Labute approximate surface area is 73.3 Å². The lowest BCUT2D eigenvalue weighted by Gasteiger charge is -2.41. The van der Waals surface area contributed by atoms with Gasteiger partial charge in [0.2, 0.25) is 0 Å². The van der Waals surface area contributed by atoms with Gasteiger partial charge in [-0.1, -0.05) is 5.16 Å². The van der Waals surface area contributed by atoms with Crippen molar-refractivity contribution in [3.63, 3.8) is 0 Å². The summed E-state index contributed by atoms with van der Waals surface area (Å²) >= 11 is 0. The van der Waals surface area contributed by atoms with Crippen molar-refractivity contribution >= 4 is 5.71 Å². The quantitative estimate of drug-likeness (QED) is 0.330. The molecule has 0 unspecified atom stereocenters. The molecule has 0 saturated carbocycles. The molecule has 2 bridgehead atoms. The Morgan fingerprint density at radius 1 is 1.25 bits per heavy atom. The predicted octanol–water partition coefficient (Wildman–Crippen LogP) is 1.22. The van der Waals surface area contributed by atoms with Gasteiger partial charge in [0.25, 0.3) is 0 Å². The standard InChI is InChI=1S/C9H16N2O/c1-11(2)8-3-4-9(11)6-7(5-8)10-12/h8-9H,3-6H2,1-2H3/p+1/t8-,9-/m1/s1. The first-order valence-corrected chi connectivity index (χ1v) is 4.67. The molecule has 2 saturated heterocycles. The molecule has 0 radical (unpaired) electrons. The van der Waals surface area contributed by atoms with Crippen molar-refractivity contribution in [3.05, 3.63) is 0 Å². The SMILES string of the molecule is C[N+]1(C)[C@@H]2CC[C@@H]1CC(=NO)C2. The molecular weight excluding hydrogens is 152 g/mol. The number of hydrogen-bond acceptors (Lipinski definition) is 2. The molecule has 12 heavy (non-hydrogen) atoms. The maximum absolute atomic E-state index is 8.71. The first-order valence-electron chi connectivity index (χ1n) is 4.67. The highest BCUT2D eigenvalue weighted by molar-refractivity contribution is 5.85. The molecule has 0 spiro atoms. The fraction of sp³-hybridized carbons (Fsp3) is 0.889. The molecule has 68 valence electrons. The van der Waals surface area contributed by atoms with Gasteiger partial charge in [0.05, 0.1) is 31.9 Å². The van der Waals surface area contributed by atoms with E-state index in [4.69, 9.17) is 5.21 Å². The number of hydrogen-bond donors (Lipinski definition) is 1. The van der Waals surface area contributed by atoms with E-state index in [1.807, 2.05) is 0 Å². The van der Waals surface area contributed by atoms with Crippen molar-refractivity contribution in [1.29, 1.82) is 0 Å². The normalized spacial score (nSPS) is 38.3. The van der Waals surface area contributed by atoms with Gasteiger partial charge in [-0.25, -0.2) is 0 Å². The van der Waals surface area contributed by atoms with Crippen molar-refractivity contribution < 1.29 is 9.69 Å². The van der Waals surface area contributed by atoms with Crippen LogP contribution in [0, 0.1) is 0 Å². The van der Waals surface area contributed by atoms with Crippen molar-refractivity contribution in [1.82, 2.24) is 0 Å².